The van der Waals surface area contributed by atoms with Crippen molar-refractivity contribution in [2.45, 2.75) is 13.0 Å². The molecule has 29 heavy (non-hydrogen) atoms. The van der Waals surface area contributed by atoms with Crippen LogP contribution in [0.4, 0.5) is 8.78 Å². The van der Waals surface area contributed by atoms with Crippen LogP contribution in [-0.2, 0) is 6.61 Å². The van der Waals surface area contributed by atoms with E-state index in [0.717, 1.165) is 4.68 Å². The third-order valence-electron chi connectivity index (χ3n) is 3.80. The molecule has 1 N–H and O–H groups in total. The van der Waals surface area contributed by atoms with Crippen LogP contribution in [0.2, 0.25) is 10.0 Å². The fraction of sp³-hybridized carbons (Fsp3) is 0.167. The molecular weight excluding hydrogens is 445 g/mol. The molecule has 0 atom stereocenters. The normalized spacial score (nSPS) is 11.4. The zero-order chi connectivity index (χ0) is 21.0. The van der Waals surface area contributed by atoms with Crippen molar-refractivity contribution in [1.29, 1.82) is 0 Å². The number of methoxy groups -OCH3 is 1. The number of benzene rings is 2. The van der Waals surface area contributed by atoms with Gasteiger partial charge in [0.25, 0.3) is 6.43 Å². The van der Waals surface area contributed by atoms with E-state index in [4.69, 9.17) is 44.9 Å². The average molecular weight is 459 g/mol. The largest absolute Gasteiger partial charge is 0.496 e. The summed E-state index contributed by atoms with van der Waals surface area (Å²) in [4.78, 5) is 0. The van der Waals surface area contributed by atoms with E-state index in [1.807, 2.05) is 0 Å². The van der Waals surface area contributed by atoms with Crippen molar-refractivity contribution < 1.29 is 18.3 Å². The zero-order valence-electron chi connectivity index (χ0n) is 14.9. The molecule has 2 aromatic carbocycles. The number of aromatic amines is 1. The van der Waals surface area contributed by atoms with Gasteiger partial charge in [0.15, 0.2) is 0 Å². The Morgan fingerprint density at radius 2 is 2.07 bits per heavy atom. The Balaban J connectivity index is 1.85. The highest BCUT2D eigenvalue weighted by molar-refractivity contribution is 7.71. The SMILES string of the molecule is COc1ccc(/C=N/n2c(C(F)F)n[nH]c2=S)cc1COc1cccc(Cl)c1Cl. The smallest absolute Gasteiger partial charge is 0.299 e. The van der Waals surface area contributed by atoms with Crippen molar-refractivity contribution in [2.24, 2.45) is 5.10 Å². The maximum absolute atomic E-state index is 13.0. The molecule has 0 aliphatic rings. The lowest BCUT2D eigenvalue weighted by Gasteiger charge is -2.12. The summed E-state index contributed by atoms with van der Waals surface area (Å²) in [5.41, 5.74) is 1.31. The van der Waals surface area contributed by atoms with Gasteiger partial charge in [-0.25, -0.2) is 13.9 Å². The van der Waals surface area contributed by atoms with Crippen LogP contribution in [0.5, 0.6) is 11.5 Å². The van der Waals surface area contributed by atoms with Gasteiger partial charge in [-0.2, -0.15) is 14.9 Å². The van der Waals surface area contributed by atoms with Crippen LogP contribution in [0.15, 0.2) is 41.5 Å². The van der Waals surface area contributed by atoms with Gasteiger partial charge < -0.3 is 9.47 Å². The number of nitrogens with one attached hydrogen (secondary N) is 1. The van der Waals surface area contributed by atoms with E-state index in [1.165, 1.54) is 13.3 Å². The second kappa shape index (κ2) is 9.34. The van der Waals surface area contributed by atoms with Crippen LogP contribution in [0.25, 0.3) is 0 Å². The molecule has 6 nitrogen and oxygen atoms in total. The van der Waals surface area contributed by atoms with Crippen LogP contribution in [0.3, 0.4) is 0 Å². The number of hydrogen-bond acceptors (Lipinski definition) is 5. The molecule has 0 aliphatic heterocycles. The Morgan fingerprint density at radius 1 is 1.28 bits per heavy atom. The molecule has 0 bridgehead atoms. The summed E-state index contributed by atoms with van der Waals surface area (Å²) in [6.45, 7) is 0.137. The van der Waals surface area contributed by atoms with Gasteiger partial charge in [0.1, 0.15) is 23.1 Å². The highest BCUT2D eigenvalue weighted by atomic mass is 35.5. The molecule has 11 heteroatoms. The molecule has 3 rings (SSSR count). The van der Waals surface area contributed by atoms with Gasteiger partial charge in [-0.1, -0.05) is 29.3 Å². The third kappa shape index (κ3) is 4.92. The Bertz CT molecular complexity index is 1100. The predicted octanol–water partition coefficient (Wildman–Crippen LogP) is 5.65. The van der Waals surface area contributed by atoms with Crippen molar-refractivity contribution in [2.75, 3.05) is 7.11 Å². The lowest BCUT2D eigenvalue weighted by atomic mass is 10.1. The first-order valence-electron chi connectivity index (χ1n) is 8.14. The van der Waals surface area contributed by atoms with E-state index in [2.05, 4.69) is 15.3 Å². The number of alkyl halides is 2. The molecule has 152 valence electrons. The predicted molar refractivity (Wildman–Crippen MR) is 109 cm³/mol. The fourth-order valence-electron chi connectivity index (χ4n) is 2.42. The van der Waals surface area contributed by atoms with E-state index >= 15 is 0 Å². The van der Waals surface area contributed by atoms with Gasteiger partial charge in [-0.15, -0.1) is 0 Å². The summed E-state index contributed by atoms with van der Waals surface area (Å²) >= 11 is 17.1. The van der Waals surface area contributed by atoms with Gasteiger partial charge >= 0.3 is 0 Å². The average Bonchev–Trinajstić information content (AvgIpc) is 3.08. The molecule has 1 aromatic heterocycles. The van der Waals surface area contributed by atoms with Crippen LogP contribution in [0.1, 0.15) is 23.4 Å². The molecule has 0 saturated heterocycles. The van der Waals surface area contributed by atoms with Crippen molar-refractivity contribution in [3.8, 4) is 11.5 Å². The highest BCUT2D eigenvalue weighted by Crippen LogP contribution is 2.32. The second-order valence-corrected chi connectivity index (χ2v) is 6.83. The van der Waals surface area contributed by atoms with E-state index < -0.39 is 12.2 Å². The quantitative estimate of drug-likeness (QED) is 0.366. The van der Waals surface area contributed by atoms with E-state index in [-0.39, 0.29) is 11.4 Å². The van der Waals surface area contributed by atoms with Crippen molar-refractivity contribution >= 4 is 41.6 Å². The molecule has 0 radical (unpaired) electrons. The first-order valence-corrected chi connectivity index (χ1v) is 9.30. The molecule has 1 heterocycles. The Labute approximate surface area is 179 Å². The molecule has 0 aliphatic carbocycles. The number of H-pyrrole nitrogens is 1. The Hall–Kier alpha value is -2.49. The van der Waals surface area contributed by atoms with Gasteiger partial charge in [0.05, 0.1) is 18.3 Å². The molecular formula is C18H14Cl2F2N4O2S. The van der Waals surface area contributed by atoms with Gasteiger partial charge in [0.2, 0.25) is 10.6 Å². The van der Waals surface area contributed by atoms with E-state index in [0.29, 0.717) is 32.7 Å². The second-order valence-electron chi connectivity index (χ2n) is 5.66. The molecule has 0 spiro atoms. The molecule has 3 aromatic rings. The van der Waals surface area contributed by atoms with Crippen molar-refractivity contribution in [3.63, 3.8) is 0 Å². The minimum atomic E-state index is -2.82. The number of ether oxygens (including phenoxy) is 2. The molecule has 0 amide bonds. The highest BCUT2D eigenvalue weighted by Gasteiger charge is 2.16. The van der Waals surface area contributed by atoms with Crippen LogP contribution in [0, 0.1) is 4.77 Å². The molecule has 0 saturated carbocycles. The maximum atomic E-state index is 13.0. The maximum Gasteiger partial charge on any atom is 0.299 e. The summed E-state index contributed by atoms with van der Waals surface area (Å²) in [7, 11) is 1.53. The minimum Gasteiger partial charge on any atom is -0.496 e. The van der Waals surface area contributed by atoms with E-state index in [1.54, 1.807) is 36.4 Å². The van der Waals surface area contributed by atoms with Crippen LogP contribution < -0.4 is 9.47 Å². The molecule has 0 unspecified atom stereocenters. The number of aromatic nitrogens is 3. The summed E-state index contributed by atoms with van der Waals surface area (Å²) in [5, 5.41) is 10.4. The number of rotatable bonds is 7. The number of halogens is 4. The monoisotopic (exact) mass is 458 g/mol. The summed E-state index contributed by atoms with van der Waals surface area (Å²) in [6, 6.07) is 10.2. The topological polar surface area (TPSA) is 64.4 Å². The molecule has 0 fully saturated rings. The van der Waals surface area contributed by atoms with Crippen molar-refractivity contribution in [1.82, 2.24) is 14.9 Å². The van der Waals surface area contributed by atoms with Gasteiger partial charge in [0, 0.05) is 5.56 Å². The Morgan fingerprint density at radius 3 is 2.79 bits per heavy atom. The first-order chi connectivity index (χ1) is 13.9. The summed E-state index contributed by atoms with van der Waals surface area (Å²) < 4.78 is 37.9. The Kier molecular flexibility index (Phi) is 6.83. The lowest BCUT2D eigenvalue weighted by Crippen LogP contribution is -2.02. The van der Waals surface area contributed by atoms with Gasteiger partial charge in [-0.05, 0) is 48.1 Å². The lowest BCUT2D eigenvalue weighted by molar-refractivity contribution is 0.136. The fourth-order valence-corrected chi connectivity index (χ4v) is 2.96. The van der Waals surface area contributed by atoms with Crippen molar-refractivity contribution in [3.05, 3.63) is 68.2 Å². The standard InChI is InChI=1S/C18H14Cl2F2N4O2S/c1-27-13-6-5-10(8-23-26-17(16(21)22)24-25-18(26)29)7-11(13)9-28-14-4-2-3-12(19)15(14)20/h2-8,16H,9H2,1H3,(H,25,29)/b23-8+. The zero-order valence-corrected chi connectivity index (χ0v) is 17.2. The third-order valence-corrected chi connectivity index (χ3v) is 4.86. The van der Waals surface area contributed by atoms with Crippen LogP contribution in [-0.4, -0.2) is 28.2 Å². The summed E-state index contributed by atoms with van der Waals surface area (Å²) in [6.07, 6.45) is -1.44. The minimum absolute atomic E-state index is 0.0378. The number of nitrogens with zero attached hydrogens (tertiary/aromatic N) is 3. The van der Waals surface area contributed by atoms with Gasteiger partial charge in [-0.3, -0.25) is 0 Å². The number of hydrogen-bond donors (Lipinski definition) is 1. The first kappa shape index (κ1) is 21.2. The summed E-state index contributed by atoms with van der Waals surface area (Å²) in [5.74, 6) is 0.430. The van der Waals surface area contributed by atoms with Crippen LogP contribution >= 0.6 is 35.4 Å². The van der Waals surface area contributed by atoms with E-state index in [9.17, 15) is 8.78 Å².